The number of H-pyrrole nitrogens is 1. The van der Waals surface area contributed by atoms with E-state index in [1.54, 1.807) is 7.11 Å². The first kappa shape index (κ1) is 18.3. The van der Waals surface area contributed by atoms with Gasteiger partial charge in [-0.25, -0.2) is 0 Å². The molecule has 0 bridgehead atoms. The van der Waals surface area contributed by atoms with Crippen molar-refractivity contribution >= 4 is 38.7 Å². The van der Waals surface area contributed by atoms with Gasteiger partial charge < -0.3 is 19.5 Å². The van der Waals surface area contributed by atoms with Gasteiger partial charge in [0.1, 0.15) is 16.9 Å². The smallest absolute Gasteiger partial charge is 0.216 e. The van der Waals surface area contributed by atoms with Gasteiger partial charge in [-0.2, -0.15) is 0 Å². The number of ether oxygens (including phenoxy) is 1. The van der Waals surface area contributed by atoms with Crippen molar-refractivity contribution in [1.29, 1.82) is 0 Å². The summed E-state index contributed by atoms with van der Waals surface area (Å²) >= 11 is 0. The molecule has 0 aliphatic rings. The molecule has 5 nitrogen and oxygen atoms in total. The maximum absolute atomic E-state index is 11.4. The van der Waals surface area contributed by atoms with Crippen molar-refractivity contribution in [3.8, 4) is 17.0 Å². The van der Waals surface area contributed by atoms with Gasteiger partial charge in [0.05, 0.1) is 12.8 Å². The van der Waals surface area contributed by atoms with E-state index in [1.165, 1.54) is 6.92 Å². The molecule has 0 aliphatic heterocycles. The highest BCUT2D eigenvalue weighted by Crippen LogP contribution is 2.39. The summed E-state index contributed by atoms with van der Waals surface area (Å²) in [6.07, 6.45) is 0.693. The lowest BCUT2D eigenvalue weighted by Crippen LogP contribution is -2.22. The Morgan fingerprint density at radius 1 is 1.03 bits per heavy atom. The molecule has 0 radical (unpaired) electrons. The number of fused-ring (bicyclic) bond motifs is 4. The fourth-order valence-electron chi connectivity index (χ4n) is 4.15. The monoisotopic (exact) mass is 398 g/mol. The molecule has 2 heterocycles. The molecule has 2 aromatic heterocycles. The lowest BCUT2D eigenvalue weighted by atomic mass is 10.0. The minimum absolute atomic E-state index is 0.0339. The molecule has 0 atom stereocenters. The summed E-state index contributed by atoms with van der Waals surface area (Å²) in [6.45, 7) is 2.09. The molecule has 1 amide bonds. The van der Waals surface area contributed by atoms with Crippen molar-refractivity contribution in [3.05, 3.63) is 66.2 Å². The van der Waals surface area contributed by atoms with E-state index in [4.69, 9.17) is 9.15 Å². The molecule has 150 valence electrons. The Morgan fingerprint density at radius 3 is 2.70 bits per heavy atom. The summed E-state index contributed by atoms with van der Waals surface area (Å²) in [7, 11) is 1.67. The van der Waals surface area contributed by atoms with Crippen LogP contribution in [0.2, 0.25) is 0 Å². The number of aromatic nitrogens is 1. The molecule has 2 N–H and O–H groups in total. The normalized spacial score (nSPS) is 11.4. The number of amides is 1. The van der Waals surface area contributed by atoms with Crippen LogP contribution in [0, 0.1) is 0 Å². The molecule has 0 saturated heterocycles. The van der Waals surface area contributed by atoms with Crippen LogP contribution in [0.25, 0.3) is 44.1 Å². The zero-order valence-electron chi connectivity index (χ0n) is 16.9. The molecule has 0 unspecified atom stereocenters. The minimum atomic E-state index is -0.0339. The second-order valence-corrected chi connectivity index (χ2v) is 7.40. The minimum Gasteiger partial charge on any atom is -0.497 e. The lowest BCUT2D eigenvalue weighted by molar-refractivity contribution is -0.118. The summed E-state index contributed by atoms with van der Waals surface area (Å²) in [5.41, 5.74) is 5.91. The molecular formula is C25H22N2O3. The first-order chi connectivity index (χ1) is 14.7. The zero-order valence-corrected chi connectivity index (χ0v) is 16.9. The van der Waals surface area contributed by atoms with Crippen LogP contribution in [0.3, 0.4) is 0 Å². The molecule has 30 heavy (non-hydrogen) atoms. The lowest BCUT2D eigenvalue weighted by Gasteiger charge is -2.07. The van der Waals surface area contributed by atoms with Crippen molar-refractivity contribution in [2.24, 2.45) is 0 Å². The number of rotatable bonds is 5. The average Bonchev–Trinajstić information content (AvgIpc) is 3.31. The van der Waals surface area contributed by atoms with Gasteiger partial charge in [-0.3, -0.25) is 4.79 Å². The summed E-state index contributed by atoms with van der Waals surface area (Å²) in [6, 6.07) is 20.3. The number of methoxy groups -OCH3 is 1. The maximum Gasteiger partial charge on any atom is 0.216 e. The Kier molecular flexibility index (Phi) is 4.43. The number of carbonyl (C=O) groups is 1. The first-order valence-corrected chi connectivity index (χ1v) is 9.99. The van der Waals surface area contributed by atoms with E-state index in [1.807, 2.05) is 36.4 Å². The van der Waals surface area contributed by atoms with Crippen molar-refractivity contribution in [2.75, 3.05) is 13.7 Å². The molecule has 3 aromatic carbocycles. The maximum atomic E-state index is 11.4. The van der Waals surface area contributed by atoms with Crippen LogP contribution in [0.5, 0.6) is 5.75 Å². The molecule has 0 aliphatic carbocycles. The number of benzene rings is 3. The Morgan fingerprint density at radius 2 is 1.87 bits per heavy atom. The quantitative estimate of drug-likeness (QED) is 0.415. The number of furan rings is 1. The van der Waals surface area contributed by atoms with Crippen molar-refractivity contribution in [2.45, 2.75) is 13.3 Å². The predicted molar refractivity (Wildman–Crippen MR) is 120 cm³/mol. The molecule has 0 spiro atoms. The molecule has 5 aromatic rings. The highest BCUT2D eigenvalue weighted by molar-refractivity contribution is 6.10. The number of hydrogen-bond acceptors (Lipinski definition) is 3. The van der Waals surface area contributed by atoms with Crippen molar-refractivity contribution in [1.82, 2.24) is 10.3 Å². The Labute approximate surface area is 173 Å². The predicted octanol–water partition coefficient (Wildman–Crippen LogP) is 5.42. The zero-order chi connectivity index (χ0) is 20.7. The van der Waals surface area contributed by atoms with Gasteiger partial charge in [0.2, 0.25) is 5.91 Å². The Hall–Kier alpha value is -3.73. The van der Waals surface area contributed by atoms with E-state index >= 15 is 0 Å². The number of carbonyl (C=O) groups excluding carboxylic acids is 1. The van der Waals surface area contributed by atoms with Gasteiger partial charge >= 0.3 is 0 Å². The van der Waals surface area contributed by atoms with E-state index in [9.17, 15) is 4.79 Å². The van der Waals surface area contributed by atoms with E-state index in [0.717, 1.165) is 55.4 Å². The SMILES string of the molecule is COc1ccc2[nH]c(-c3cccc4c3oc3ccccc34)c(CCNC(C)=O)c2c1. The number of hydrogen-bond donors (Lipinski definition) is 2. The van der Waals surface area contributed by atoms with Crippen molar-refractivity contribution in [3.63, 3.8) is 0 Å². The fraction of sp³-hybridized carbons (Fsp3) is 0.160. The van der Waals surface area contributed by atoms with Gasteiger partial charge in [0.25, 0.3) is 0 Å². The Bertz CT molecular complexity index is 1390. The van der Waals surface area contributed by atoms with E-state index in [0.29, 0.717) is 13.0 Å². The summed E-state index contributed by atoms with van der Waals surface area (Å²) in [4.78, 5) is 15.0. The third-order valence-corrected chi connectivity index (χ3v) is 5.54. The second kappa shape index (κ2) is 7.26. The van der Waals surface area contributed by atoms with Crippen LogP contribution in [0.1, 0.15) is 12.5 Å². The molecule has 0 fully saturated rings. The molecule has 0 saturated carbocycles. The van der Waals surface area contributed by atoms with Crippen LogP contribution in [-0.4, -0.2) is 24.5 Å². The summed E-state index contributed by atoms with van der Waals surface area (Å²) in [5, 5.41) is 6.19. The van der Waals surface area contributed by atoms with Crippen LogP contribution >= 0.6 is 0 Å². The largest absolute Gasteiger partial charge is 0.497 e. The third-order valence-electron chi connectivity index (χ3n) is 5.54. The van der Waals surface area contributed by atoms with Crippen LogP contribution in [0.15, 0.2) is 65.1 Å². The highest BCUT2D eigenvalue weighted by atomic mass is 16.5. The highest BCUT2D eigenvalue weighted by Gasteiger charge is 2.18. The van der Waals surface area contributed by atoms with E-state index in [2.05, 4.69) is 34.6 Å². The van der Waals surface area contributed by atoms with Crippen molar-refractivity contribution < 1.29 is 13.9 Å². The van der Waals surface area contributed by atoms with Gasteiger partial charge in [-0.05, 0) is 42.3 Å². The number of aromatic amines is 1. The van der Waals surface area contributed by atoms with E-state index < -0.39 is 0 Å². The van der Waals surface area contributed by atoms with Gasteiger partial charge in [-0.1, -0.05) is 30.3 Å². The first-order valence-electron chi connectivity index (χ1n) is 9.99. The topological polar surface area (TPSA) is 67.3 Å². The second-order valence-electron chi connectivity index (χ2n) is 7.40. The standard InChI is InChI=1S/C25H22N2O3/c1-15(28)26-13-12-18-21-14-16(29-2)10-11-22(21)27-24(18)20-8-5-7-19-17-6-3-4-9-23(17)30-25(19)20/h3-11,14,27H,12-13H2,1-2H3,(H,26,28). The van der Waals surface area contributed by atoms with Gasteiger partial charge in [-0.15, -0.1) is 0 Å². The summed E-state index contributed by atoms with van der Waals surface area (Å²) < 4.78 is 11.7. The Balaban J connectivity index is 1.74. The van der Waals surface area contributed by atoms with Gasteiger partial charge in [0, 0.05) is 40.7 Å². The van der Waals surface area contributed by atoms with Gasteiger partial charge in [0.15, 0.2) is 0 Å². The third kappa shape index (κ3) is 2.99. The average molecular weight is 398 g/mol. The van der Waals surface area contributed by atoms with E-state index in [-0.39, 0.29) is 5.91 Å². The summed E-state index contributed by atoms with van der Waals surface area (Å²) in [5.74, 6) is 0.768. The number of nitrogens with one attached hydrogen (secondary N) is 2. The fourth-order valence-corrected chi connectivity index (χ4v) is 4.15. The van der Waals surface area contributed by atoms with Crippen LogP contribution < -0.4 is 10.1 Å². The molecule has 5 heteroatoms. The molecular weight excluding hydrogens is 376 g/mol. The molecule has 5 rings (SSSR count). The van der Waals surface area contributed by atoms with Crippen LogP contribution in [0.4, 0.5) is 0 Å². The van der Waals surface area contributed by atoms with Crippen LogP contribution in [-0.2, 0) is 11.2 Å². The number of para-hydroxylation sites is 2.